The third-order valence-corrected chi connectivity index (χ3v) is 2.83. The van der Waals surface area contributed by atoms with Crippen molar-refractivity contribution in [1.82, 2.24) is 9.97 Å². The maximum atomic E-state index is 5.21. The van der Waals surface area contributed by atoms with Crippen molar-refractivity contribution in [3.63, 3.8) is 0 Å². The van der Waals surface area contributed by atoms with Gasteiger partial charge in [-0.1, -0.05) is 20.8 Å². The fraction of sp³-hybridized carbons (Fsp3) is 0.571. The van der Waals surface area contributed by atoms with E-state index in [1.54, 1.807) is 0 Å². The van der Waals surface area contributed by atoms with Gasteiger partial charge in [0.15, 0.2) is 0 Å². The van der Waals surface area contributed by atoms with E-state index in [9.17, 15) is 0 Å². The van der Waals surface area contributed by atoms with Gasteiger partial charge in [-0.05, 0) is 28.8 Å². The average molecular weight is 310 g/mol. The van der Waals surface area contributed by atoms with Crippen molar-refractivity contribution in [2.24, 2.45) is 0 Å². The number of nitrogens with one attached hydrogen (secondary N) is 1. The minimum absolute atomic E-state index is 0.0519. The Morgan fingerprint density at radius 2 is 2.06 bits per heavy atom. The Morgan fingerprint density at radius 1 is 1.33 bits per heavy atom. The summed E-state index contributed by atoms with van der Waals surface area (Å²) in [5.74, 6) is 4.34. The monoisotopic (exact) mass is 309 g/mol. The van der Waals surface area contributed by atoms with Crippen molar-refractivity contribution in [2.45, 2.75) is 45.4 Å². The number of aromatic nitrogens is 2. The van der Waals surface area contributed by atoms with E-state index in [0.29, 0.717) is 0 Å². The average Bonchev–Trinajstić information content (AvgIpc) is 2.27. The lowest BCUT2D eigenvalue weighted by molar-refractivity contribution is 0.544. The van der Waals surface area contributed by atoms with Crippen LogP contribution in [0.5, 0.6) is 0 Å². The summed E-state index contributed by atoms with van der Waals surface area (Å²) in [4.78, 5) is 8.93. The second-order valence-electron chi connectivity index (χ2n) is 5.24. The zero-order valence-electron chi connectivity index (χ0n) is 11.3. The number of anilines is 1. The topological polar surface area (TPSA) is 37.8 Å². The fourth-order valence-electron chi connectivity index (χ4n) is 1.41. The first-order valence-electron chi connectivity index (χ1n) is 6.16. The largest absolute Gasteiger partial charge is 0.370 e. The lowest BCUT2D eigenvalue weighted by Gasteiger charge is -2.17. The lowest BCUT2D eigenvalue weighted by Crippen LogP contribution is -2.17. The Bertz CT molecular complexity index is 430. The Labute approximate surface area is 118 Å². The summed E-state index contributed by atoms with van der Waals surface area (Å²) in [6.07, 6.45) is 8.14. The molecule has 0 aliphatic carbocycles. The second kappa shape index (κ2) is 6.75. The molecule has 0 bridgehead atoms. The molecule has 1 aromatic heterocycles. The van der Waals surface area contributed by atoms with Gasteiger partial charge in [-0.25, -0.2) is 9.97 Å². The number of hydrogen-bond acceptors (Lipinski definition) is 3. The van der Waals surface area contributed by atoms with Crippen LogP contribution in [0, 0.1) is 12.3 Å². The molecule has 1 N–H and O–H groups in total. The quantitative estimate of drug-likeness (QED) is 0.511. The number of unbranched alkanes of at least 4 members (excludes halogenated alkanes) is 2. The Balaban J connectivity index is 2.61. The SMILES string of the molecule is C#CCCCCNc1cc(Br)nc(C(C)(C)C)n1. The zero-order chi connectivity index (χ0) is 13.6. The van der Waals surface area contributed by atoms with Crippen molar-refractivity contribution >= 4 is 21.7 Å². The van der Waals surface area contributed by atoms with Crippen LogP contribution in [0.25, 0.3) is 0 Å². The third kappa shape index (κ3) is 5.05. The van der Waals surface area contributed by atoms with Crippen molar-refractivity contribution < 1.29 is 0 Å². The molecular formula is C14H20BrN3. The summed E-state index contributed by atoms with van der Waals surface area (Å²) in [6.45, 7) is 7.19. The third-order valence-electron chi connectivity index (χ3n) is 2.42. The highest BCUT2D eigenvalue weighted by atomic mass is 79.9. The normalized spacial score (nSPS) is 11.1. The minimum Gasteiger partial charge on any atom is -0.370 e. The van der Waals surface area contributed by atoms with Crippen LogP contribution in [-0.4, -0.2) is 16.5 Å². The first-order chi connectivity index (χ1) is 8.43. The van der Waals surface area contributed by atoms with Gasteiger partial charge in [-0.3, -0.25) is 0 Å². The van der Waals surface area contributed by atoms with Gasteiger partial charge < -0.3 is 5.32 Å². The van der Waals surface area contributed by atoms with Crippen molar-refractivity contribution in [2.75, 3.05) is 11.9 Å². The summed E-state index contributed by atoms with van der Waals surface area (Å²) in [7, 11) is 0. The lowest BCUT2D eigenvalue weighted by atomic mass is 9.96. The van der Waals surface area contributed by atoms with Gasteiger partial charge in [0.2, 0.25) is 0 Å². The summed E-state index contributed by atoms with van der Waals surface area (Å²) < 4.78 is 0.813. The van der Waals surface area contributed by atoms with E-state index >= 15 is 0 Å². The summed E-state index contributed by atoms with van der Waals surface area (Å²) in [5, 5.41) is 3.31. The molecule has 0 unspecified atom stereocenters. The molecule has 0 aliphatic rings. The molecule has 0 spiro atoms. The van der Waals surface area contributed by atoms with Gasteiger partial charge in [0.25, 0.3) is 0 Å². The molecular weight excluding hydrogens is 290 g/mol. The number of halogens is 1. The van der Waals surface area contributed by atoms with E-state index in [1.807, 2.05) is 6.07 Å². The molecule has 4 heteroatoms. The molecule has 3 nitrogen and oxygen atoms in total. The maximum absolute atomic E-state index is 5.21. The molecule has 0 saturated heterocycles. The molecule has 0 amide bonds. The predicted octanol–water partition coefficient (Wildman–Crippen LogP) is 3.75. The predicted molar refractivity (Wildman–Crippen MR) is 79.6 cm³/mol. The molecule has 1 aromatic rings. The highest BCUT2D eigenvalue weighted by Gasteiger charge is 2.18. The van der Waals surface area contributed by atoms with E-state index in [4.69, 9.17) is 6.42 Å². The first kappa shape index (κ1) is 15.0. The highest BCUT2D eigenvalue weighted by molar-refractivity contribution is 9.10. The molecule has 0 aromatic carbocycles. The van der Waals surface area contributed by atoms with Gasteiger partial charge in [-0.2, -0.15) is 0 Å². The van der Waals surface area contributed by atoms with Crippen LogP contribution >= 0.6 is 15.9 Å². The fourth-order valence-corrected chi connectivity index (χ4v) is 1.80. The van der Waals surface area contributed by atoms with Crippen molar-refractivity contribution in [3.05, 3.63) is 16.5 Å². The Kier molecular flexibility index (Phi) is 5.61. The molecule has 98 valence electrons. The summed E-state index contributed by atoms with van der Waals surface area (Å²) in [5.41, 5.74) is -0.0519. The Hall–Kier alpha value is -1.08. The molecule has 0 atom stereocenters. The van der Waals surface area contributed by atoms with Crippen LogP contribution < -0.4 is 5.32 Å². The number of terminal acetylenes is 1. The zero-order valence-corrected chi connectivity index (χ0v) is 12.8. The van der Waals surface area contributed by atoms with Gasteiger partial charge in [0, 0.05) is 24.4 Å². The first-order valence-corrected chi connectivity index (χ1v) is 6.95. The molecule has 18 heavy (non-hydrogen) atoms. The van der Waals surface area contributed by atoms with E-state index in [0.717, 1.165) is 42.1 Å². The van der Waals surface area contributed by atoms with Crippen molar-refractivity contribution in [1.29, 1.82) is 0 Å². The molecule has 1 heterocycles. The van der Waals surface area contributed by atoms with Crippen LogP contribution in [0.4, 0.5) is 5.82 Å². The van der Waals surface area contributed by atoms with E-state index < -0.39 is 0 Å². The smallest absolute Gasteiger partial charge is 0.137 e. The number of rotatable bonds is 5. The number of hydrogen-bond donors (Lipinski definition) is 1. The number of nitrogens with zero attached hydrogens (tertiary/aromatic N) is 2. The highest BCUT2D eigenvalue weighted by Crippen LogP contribution is 2.22. The van der Waals surface area contributed by atoms with E-state index in [1.165, 1.54) is 0 Å². The van der Waals surface area contributed by atoms with Gasteiger partial charge in [0.05, 0.1) is 0 Å². The van der Waals surface area contributed by atoms with Crippen LogP contribution in [-0.2, 0) is 5.41 Å². The van der Waals surface area contributed by atoms with Crippen molar-refractivity contribution in [3.8, 4) is 12.3 Å². The second-order valence-corrected chi connectivity index (χ2v) is 6.05. The Morgan fingerprint density at radius 3 is 2.67 bits per heavy atom. The molecule has 0 radical (unpaired) electrons. The van der Waals surface area contributed by atoms with Crippen LogP contribution in [0.3, 0.4) is 0 Å². The maximum Gasteiger partial charge on any atom is 0.137 e. The van der Waals surface area contributed by atoms with Crippen LogP contribution in [0.2, 0.25) is 0 Å². The van der Waals surface area contributed by atoms with Gasteiger partial charge >= 0.3 is 0 Å². The van der Waals surface area contributed by atoms with Crippen LogP contribution in [0.1, 0.15) is 45.9 Å². The minimum atomic E-state index is -0.0519. The molecule has 0 saturated carbocycles. The molecule has 1 rings (SSSR count). The summed E-state index contributed by atoms with van der Waals surface area (Å²) >= 11 is 3.42. The van der Waals surface area contributed by atoms with Gasteiger partial charge in [-0.15, -0.1) is 12.3 Å². The van der Waals surface area contributed by atoms with Crippen LogP contribution in [0.15, 0.2) is 10.7 Å². The molecule has 0 fully saturated rings. The standard InChI is InChI=1S/C14H20BrN3/c1-5-6-7-8-9-16-12-10-11(15)17-13(18-12)14(2,3)4/h1,10H,6-9H2,2-4H3,(H,16,17,18). The summed E-state index contributed by atoms with van der Waals surface area (Å²) in [6, 6.07) is 1.90. The van der Waals surface area contributed by atoms with E-state index in [-0.39, 0.29) is 5.41 Å². The van der Waals surface area contributed by atoms with E-state index in [2.05, 4.69) is 57.9 Å². The molecule has 0 aliphatic heterocycles. The van der Waals surface area contributed by atoms with Gasteiger partial charge in [0.1, 0.15) is 16.2 Å².